The molecule has 0 aliphatic rings. The normalized spacial score (nSPS) is 10.6. The molecule has 0 saturated heterocycles. The van der Waals surface area contributed by atoms with Gasteiger partial charge in [-0.05, 0) is 24.1 Å². The molecule has 1 rings (SSSR count). The van der Waals surface area contributed by atoms with Crippen molar-refractivity contribution in [2.45, 2.75) is 6.42 Å². The lowest BCUT2D eigenvalue weighted by Crippen LogP contribution is -1.81. The molecule has 2 nitrogen and oxygen atoms in total. The highest BCUT2D eigenvalue weighted by Gasteiger charge is 1.98. The van der Waals surface area contributed by atoms with E-state index in [4.69, 9.17) is 0 Å². The van der Waals surface area contributed by atoms with Gasteiger partial charge < -0.3 is 5.11 Å². The monoisotopic (exact) mass is 254 g/mol. The van der Waals surface area contributed by atoms with Gasteiger partial charge in [0.2, 0.25) is 0 Å². The molecule has 0 aliphatic heterocycles. The number of phenolic OH excluding ortho intramolecular Hbond substituents is 1. The molecule has 0 aromatic heterocycles. The number of hydrogen-bond donors (Lipinski definition) is 1. The van der Waals surface area contributed by atoms with Gasteiger partial charge in [-0.15, -0.1) is 0 Å². The van der Waals surface area contributed by atoms with Crippen LogP contribution in [0.25, 0.3) is 6.08 Å². The summed E-state index contributed by atoms with van der Waals surface area (Å²) >= 11 is 3.31. The van der Waals surface area contributed by atoms with Crippen LogP contribution >= 0.6 is 15.9 Å². The highest BCUT2D eigenvalue weighted by Crippen LogP contribution is 2.17. The zero-order chi connectivity index (χ0) is 10.4. The smallest absolute Gasteiger partial charge is 0.153 e. The van der Waals surface area contributed by atoms with E-state index >= 15 is 0 Å². The molecule has 3 heteroatoms. The number of phenols is 1. The minimum absolute atomic E-state index is 0.0287. The van der Waals surface area contributed by atoms with Gasteiger partial charge in [-0.25, -0.2) is 0 Å². The Balaban J connectivity index is 2.81. The van der Waals surface area contributed by atoms with E-state index in [1.807, 2.05) is 12.2 Å². The Morgan fingerprint density at radius 2 is 2.21 bits per heavy atom. The van der Waals surface area contributed by atoms with Gasteiger partial charge in [0.1, 0.15) is 5.75 Å². The Bertz CT molecular complexity index is 345. The van der Waals surface area contributed by atoms with E-state index in [1.54, 1.807) is 18.2 Å². The molecule has 1 aromatic carbocycles. The predicted molar refractivity (Wildman–Crippen MR) is 60.9 cm³/mol. The van der Waals surface area contributed by atoms with Crippen LogP contribution in [0.1, 0.15) is 22.3 Å². The fourth-order valence-electron chi connectivity index (χ4n) is 1.05. The predicted octanol–water partition coefficient (Wildman–Crippen LogP) is 3.00. The minimum Gasteiger partial charge on any atom is -0.507 e. The van der Waals surface area contributed by atoms with E-state index < -0.39 is 0 Å². The van der Waals surface area contributed by atoms with Gasteiger partial charge in [-0.1, -0.05) is 34.1 Å². The standard InChI is InChI=1S/C11H11BrO2/c12-6-2-1-3-9-4-5-10(8-13)11(14)7-9/h1,3-5,7-8,14H,2,6H2. The maximum atomic E-state index is 10.4. The van der Waals surface area contributed by atoms with Crippen molar-refractivity contribution in [2.75, 3.05) is 5.33 Å². The first kappa shape index (κ1) is 11.0. The molecule has 0 spiro atoms. The highest BCUT2D eigenvalue weighted by molar-refractivity contribution is 9.09. The summed E-state index contributed by atoms with van der Waals surface area (Å²) in [7, 11) is 0. The summed E-state index contributed by atoms with van der Waals surface area (Å²) in [6, 6.07) is 4.98. The zero-order valence-electron chi connectivity index (χ0n) is 7.61. The largest absolute Gasteiger partial charge is 0.507 e. The topological polar surface area (TPSA) is 37.3 Å². The second-order valence-electron chi connectivity index (χ2n) is 2.82. The molecule has 0 heterocycles. The number of carbonyl (C=O) groups is 1. The van der Waals surface area contributed by atoms with Gasteiger partial charge in [0.25, 0.3) is 0 Å². The Hall–Kier alpha value is -1.09. The van der Waals surface area contributed by atoms with Crippen molar-refractivity contribution in [3.05, 3.63) is 35.4 Å². The quantitative estimate of drug-likeness (QED) is 0.663. The van der Waals surface area contributed by atoms with Crippen LogP contribution in [0.4, 0.5) is 0 Å². The number of aromatic hydroxyl groups is 1. The van der Waals surface area contributed by atoms with Gasteiger partial charge in [-0.3, -0.25) is 4.79 Å². The number of rotatable bonds is 4. The minimum atomic E-state index is 0.0287. The Morgan fingerprint density at radius 1 is 1.43 bits per heavy atom. The van der Waals surface area contributed by atoms with E-state index in [9.17, 15) is 9.90 Å². The van der Waals surface area contributed by atoms with Gasteiger partial charge in [0.15, 0.2) is 6.29 Å². The van der Waals surface area contributed by atoms with Crippen LogP contribution in [0.5, 0.6) is 5.75 Å². The Morgan fingerprint density at radius 3 is 2.79 bits per heavy atom. The van der Waals surface area contributed by atoms with E-state index in [-0.39, 0.29) is 5.75 Å². The van der Waals surface area contributed by atoms with Crippen LogP contribution in [0.3, 0.4) is 0 Å². The molecule has 0 radical (unpaired) electrons. The van der Waals surface area contributed by atoms with Crippen LogP contribution < -0.4 is 0 Å². The third kappa shape index (κ3) is 3.00. The molecule has 0 saturated carbocycles. The van der Waals surface area contributed by atoms with Crippen LogP contribution in [0.2, 0.25) is 0 Å². The lowest BCUT2D eigenvalue weighted by atomic mass is 10.1. The molecule has 0 atom stereocenters. The van der Waals surface area contributed by atoms with Crippen molar-refractivity contribution in [3.8, 4) is 5.75 Å². The first-order chi connectivity index (χ1) is 6.77. The Labute approximate surface area is 91.4 Å². The second-order valence-corrected chi connectivity index (χ2v) is 3.61. The van der Waals surface area contributed by atoms with E-state index in [0.29, 0.717) is 11.8 Å². The van der Waals surface area contributed by atoms with Crippen LogP contribution in [-0.2, 0) is 0 Å². The summed E-state index contributed by atoms with van der Waals surface area (Å²) in [5.74, 6) is 0.0287. The summed E-state index contributed by atoms with van der Waals surface area (Å²) in [6.07, 6.45) is 5.50. The van der Waals surface area contributed by atoms with Crippen molar-refractivity contribution < 1.29 is 9.90 Å². The molecule has 74 valence electrons. The van der Waals surface area contributed by atoms with E-state index in [0.717, 1.165) is 17.3 Å². The van der Waals surface area contributed by atoms with Crippen molar-refractivity contribution in [1.29, 1.82) is 0 Å². The van der Waals surface area contributed by atoms with Crippen molar-refractivity contribution in [3.63, 3.8) is 0 Å². The highest BCUT2D eigenvalue weighted by atomic mass is 79.9. The maximum Gasteiger partial charge on any atom is 0.153 e. The average Bonchev–Trinajstić information content (AvgIpc) is 2.18. The van der Waals surface area contributed by atoms with Crippen LogP contribution in [0.15, 0.2) is 24.3 Å². The number of allylic oxidation sites excluding steroid dienone is 1. The van der Waals surface area contributed by atoms with Gasteiger partial charge >= 0.3 is 0 Å². The third-order valence-corrected chi connectivity index (χ3v) is 2.23. The zero-order valence-corrected chi connectivity index (χ0v) is 9.20. The van der Waals surface area contributed by atoms with Crippen molar-refractivity contribution >= 4 is 28.3 Å². The molecule has 14 heavy (non-hydrogen) atoms. The summed E-state index contributed by atoms with van der Waals surface area (Å²) in [6.45, 7) is 0. The summed E-state index contributed by atoms with van der Waals surface area (Å²) in [5, 5.41) is 10.3. The molecule has 0 bridgehead atoms. The second kappa shape index (κ2) is 5.60. The summed E-state index contributed by atoms with van der Waals surface area (Å²) in [5.41, 5.74) is 1.22. The van der Waals surface area contributed by atoms with Gasteiger partial charge in [-0.2, -0.15) is 0 Å². The molecule has 1 aromatic rings. The number of aldehydes is 1. The van der Waals surface area contributed by atoms with Crippen molar-refractivity contribution in [2.24, 2.45) is 0 Å². The molecular formula is C11H11BrO2. The summed E-state index contributed by atoms with van der Waals surface area (Å²) in [4.78, 5) is 10.4. The number of carbonyl (C=O) groups excluding carboxylic acids is 1. The van der Waals surface area contributed by atoms with Gasteiger partial charge in [0, 0.05) is 5.33 Å². The number of halogens is 1. The number of benzene rings is 1. The molecule has 0 unspecified atom stereocenters. The first-order valence-corrected chi connectivity index (χ1v) is 5.41. The van der Waals surface area contributed by atoms with E-state index in [1.165, 1.54) is 0 Å². The molecule has 0 aliphatic carbocycles. The third-order valence-electron chi connectivity index (χ3n) is 1.77. The molecular weight excluding hydrogens is 244 g/mol. The van der Waals surface area contributed by atoms with Crippen LogP contribution in [0, 0.1) is 0 Å². The SMILES string of the molecule is O=Cc1ccc(C=CCCBr)cc1O. The average molecular weight is 255 g/mol. The van der Waals surface area contributed by atoms with Crippen molar-refractivity contribution in [1.82, 2.24) is 0 Å². The number of alkyl halides is 1. The van der Waals surface area contributed by atoms with Crippen LogP contribution in [-0.4, -0.2) is 16.7 Å². The van der Waals surface area contributed by atoms with Gasteiger partial charge in [0.05, 0.1) is 5.56 Å². The molecule has 0 amide bonds. The lowest BCUT2D eigenvalue weighted by molar-refractivity contribution is 0.112. The Kier molecular flexibility index (Phi) is 4.40. The fraction of sp³-hybridized carbons (Fsp3) is 0.182. The fourth-order valence-corrected chi connectivity index (χ4v) is 1.31. The lowest BCUT2D eigenvalue weighted by Gasteiger charge is -1.98. The molecule has 0 fully saturated rings. The number of hydrogen-bond acceptors (Lipinski definition) is 2. The first-order valence-electron chi connectivity index (χ1n) is 4.28. The maximum absolute atomic E-state index is 10.4. The van der Waals surface area contributed by atoms with E-state index in [2.05, 4.69) is 15.9 Å². The summed E-state index contributed by atoms with van der Waals surface area (Å²) < 4.78 is 0. The molecule has 1 N–H and O–H groups in total.